The highest BCUT2D eigenvalue weighted by Gasteiger charge is 2.11. The van der Waals surface area contributed by atoms with E-state index < -0.39 is 6.43 Å². The molecule has 0 atom stereocenters. The number of benzene rings is 2. The van der Waals surface area contributed by atoms with Crippen LogP contribution in [0.2, 0.25) is 5.02 Å². The molecule has 0 heterocycles. The molecule has 0 aliphatic heterocycles. The lowest BCUT2D eigenvalue weighted by molar-refractivity contribution is 0.120. The highest BCUT2D eigenvalue weighted by Crippen LogP contribution is 2.23. The number of hydrogen-bond donors (Lipinski definition) is 0. The van der Waals surface area contributed by atoms with Gasteiger partial charge in [-0.1, -0.05) is 59.2 Å². The third kappa shape index (κ3) is 3.78. The Balaban J connectivity index is 1.98. The third-order valence-electron chi connectivity index (χ3n) is 2.68. The van der Waals surface area contributed by atoms with Gasteiger partial charge in [0.1, 0.15) is 6.61 Å². The van der Waals surface area contributed by atoms with Crippen LogP contribution in [-0.4, -0.2) is 6.21 Å². The molecule has 0 unspecified atom stereocenters. The monoisotopic (exact) mass is 295 g/mol. The van der Waals surface area contributed by atoms with Crippen molar-refractivity contribution in [1.29, 1.82) is 0 Å². The van der Waals surface area contributed by atoms with Gasteiger partial charge in [-0.05, 0) is 6.07 Å². The van der Waals surface area contributed by atoms with Gasteiger partial charge in [0, 0.05) is 21.7 Å². The van der Waals surface area contributed by atoms with Crippen LogP contribution in [-0.2, 0) is 11.4 Å². The van der Waals surface area contributed by atoms with Gasteiger partial charge in [-0.15, -0.1) is 0 Å². The van der Waals surface area contributed by atoms with E-state index in [-0.39, 0.29) is 12.2 Å². The summed E-state index contributed by atoms with van der Waals surface area (Å²) in [6.07, 6.45) is -1.07. The summed E-state index contributed by atoms with van der Waals surface area (Å²) in [5.74, 6) is 0. The first-order valence-corrected chi connectivity index (χ1v) is 6.32. The molecule has 20 heavy (non-hydrogen) atoms. The van der Waals surface area contributed by atoms with Crippen LogP contribution in [0.15, 0.2) is 53.7 Å². The molecule has 0 saturated carbocycles. The number of halogens is 3. The highest BCUT2D eigenvalue weighted by molar-refractivity contribution is 6.33. The van der Waals surface area contributed by atoms with E-state index in [2.05, 4.69) is 5.16 Å². The predicted molar refractivity (Wildman–Crippen MR) is 75.2 cm³/mol. The molecule has 2 aromatic rings. The van der Waals surface area contributed by atoms with Gasteiger partial charge in [0.15, 0.2) is 0 Å². The average Bonchev–Trinajstić information content (AvgIpc) is 2.45. The largest absolute Gasteiger partial charge is 0.391 e. The van der Waals surface area contributed by atoms with Crippen LogP contribution in [0.3, 0.4) is 0 Å². The SMILES string of the molecule is FC(F)c1ccccc1CON=Cc1ccccc1Cl. The Kier molecular flexibility index (Phi) is 5.07. The number of hydrogen-bond acceptors (Lipinski definition) is 2. The average molecular weight is 296 g/mol. The zero-order valence-corrected chi connectivity index (χ0v) is 11.2. The molecule has 5 heteroatoms. The van der Waals surface area contributed by atoms with Crippen molar-refractivity contribution in [2.75, 3.05) is 0 Å². The van der Waals surface area contributed by atoms with Crippen molar-refractivity contribution in [3.05, 3.63) is 70.2 Å². The van der Waals surface area contributed by atoms with E-state index in [0.717, 1.165) is 0 Å². The highest BCUT2D eigenvalue weighted by atomic mass is 35.5. The smallest absolute Gasteiger partial charge is 0.264 e. The van der Waals surface area contributed by atoms with Gasteiger partial charge < -0.3 is 4.84 Å². The van der Waals surface area contributed by atoms with Crippen LogP contribution in [0.4, 0.5) is 8.78 Å². The first-order valence-electron chi connectivity index (χ1n) is 5.94. The summed E-state index contributed by atoms with van der Waals surface area (Å²) in [5.41, 5.74) is 1.08. The molecule has 2 aromatic carbocycles. The van der Waals surface area contributed by atoms with E-state index >= 15 is 0 Å². The number of alkyl halides is 2. The Morgan fingerprint density at radius 1 is 1.10 bits per heavy atom. The van der Waals surface area contributed by atoms with Gasteiger partial charge >= 0.3 is 0 Å². The minimum absolute atomic E-state index is 0.0124. The van der Waals surface area contributed by atoms with Gasteiger partial charge in [0.05, 0.1) is 6.21 Å². The molecule has 0 aliphatic carbocycles. The van der Waals surface area contributed by atoms with Crippen molar-refractivity contribution < 1.29 is 13.6 Å². The minimum atomic E-state index is -2.53. The molecular formula is C15H12ClF2NO. The summed E-state index contributed by atoms with van der Waals surface area (Å²) in [6, 6.07) is 13.4. The fraction of sp³-hybridized carbons (Fsp3) is 0.133. The van der Waals surface area contributed by atoms with E-state index in [0.29, 0.717) is 16.1 Å². The number of rotatable bonds is 5. The second-order valence-corrected chi connectivity index (χ2v) is 4.44. The lowest BCUT2D eigenvalue weighted by atomic mass is 10.1. The Morgan fingerprint density at radius 2 is 1.80 bits per heavy atom. The molecule has 0 fully saturated rings. The van der Waals surface area contributed by atoms with E-state index in [1.54, 1.807) is 36.4 Å². The first kappa shape index (κ1) is 14.5. The second kappa shape index (κ2) is 7.01. The fourth-order valence-corrected chi connectivity index (χ4v) is 1.84. The van der Waals surface area contributed by atoms with E-state index in [1.807, 2.05) is 6.07 Å². The molecule has 0 radical (unpaired) electrons. The second-order valence-electron chi connectivity index (χ2n) is 4.03. The fourth-order valence-electron chi connectivity index (χ4n) is 1.66. The van der Waals surface area contributed by atoms with Crippen LogP contribution in [0.25, 0.3) is 0 Å². The van der Waals surface area contributed by atoms with Crippen molar-refractivity contribution in [2.45, 2.75) is 13.0 Å². The molecule has 0 amide bonds. The standard InChI is InChI=1S/C15H12ClF2NO/c16-14-8-4-2-5-11(14)9-19-20-10-12-6-1-3-7-13(12)15(17)18/h1-9,15H,10H2. The molecule has 0 N–H and O–H groups in total. The van der Waals surface area contributed by atoms with Gasteiger partial charge in [-0.3, -0.25) is 0 Å². The maximum atomic E-state index is 12.7. The zero-order chi connectivity index (χ0) is 14.4. The summed E-state index contributed by atoms with van der Waals surface area (Å²) < 4.78 is 25.5. The van der Waals surface area contributed by atoms with Crippen LogP contribution >= 0.6 is 11.6 Å². The first-order chi connectivity index (χ1) is 9.68. The normalized spacial score (nSPS) is 11.2. The van der Waals surface area contributed by atoms with Crippen LogP contribution in [0.5, 0.6) is 0 Å². The van der Waals surface area contributed by atoms with Gasteiger partial charge in [-0.2, -0.15) is 0 Å². The Morgan fingerprint density at radius 3 is 2.55 bits per heavy atom. The quantitative estimate of drug-likeness (QED) is 0.572. The molecule has 0 aliphatic rings. The van der Waals surface area contributed by atoms with Crippen molar-refractivity contribution in [3.63, 3.8) is 0 Å². The topological polar surface area (TPSA) is 21.6 Å². The van der Waals surface area contributed by atoms with Crippen molar-refractivity contribution in [1.82, 2.24) is 0 Å². The van der Waals surface area contributed by atoms with Crippen LogP contribution < -0.4 is 0 Å². The Bertz CT molecular complexity index is 602. The summed E-state index contributed by atoms with van der Waals surface area (Å²) in [5, 5.41) is 4.29. The zero-order valence-electron chi connectivity index (χ0n) is 10.5. The molecule has 2 nitrogen and oxygen atoms in total. The van der Waals surface area contributed by atoms with E-state index in [4.69, 9.17) is 16.4 Å². The molecule has 0 saturated heterocycles. The number of nitrogens with zero attached hydrogens (tertiary/aromatic N) is 1. The minimum Gasteiger partial charge on any atom is -0.391 e. The van der Waals surface area contributed by atoms with Gasteiger partial charge in [-0.25, -0.2) is 8.78 Å². The van der Waals surface area contributed by atoms with Crippen molar-refractivity contribution in [2.24, 2.45) is 5.16 Å². The molecule has 0 aromatic heterocycles. The predicted octanol–water partition coefficient (Wildman–Crippen LogP) is 4.83. The molecule has 0 spiro atoms. The summed E-state index contributed by atoms with van der Waals surface area (Å²) in [7, 11) is 0. The maximum Gasteiger partial charge on any atom is 0.264 e. The summed E-state index contributed by atoms with van der Waals surface area (Å²) in [6.45, 7) is -0.0124. The van der Waals surface area contributed by atoms with E-state index in [1.165, 1.54) is 12.3 Å². The van der Waals surface area contributed by atoms with Crippen molar-refractivity contribution in [3.8, 4) is 0 Å². The lowest BCUT2D eigenvalue weighted by Gasteiger charge is -2.06. The number of oxime groups is 1. The maximum absolute atomic E-state index is 12.7. The summed E-state index contributed by atoms with van der Waals surface area (Å²) >= 11 is 5.94. The van der Waals surface area contributed by atoms with Crippen LogP contribution in [0, 0.1) is 0 Å². The summed E-state index contributed by atoms with van der Waals surface area (Å²) in [4.78, 5) is 5.05. The van der Waals surface area contributed by atoms with E-state index in [9.17, 15) is 8.78 Å². The van der Waals surface area contributed by atoms with Gasteiger partial charge in [0.25, 0.3) is 6.43 Å². The van der Waals surface area contributed by atoms with Crippen LogP contribution in [0.1, 0.15) is 23.1 Å². The van der Waals surface area contributed by atoms with Crippen molar-refractivity contribution >= 4 is 17.8 Å². The Hall–Kier alpha value is -1.94. The Labute approximate surface area is 120 Å². The lowest BCUT2D eigenvalue weighted by Crippen LogP contribution is -1.96. The molecule has 0 bridgehead atoms. The third-order valence-corrected chi connectivity index (χ3v) is 3.03. The van der Waals surface area contributed by atoms with Gasteiger partial charge in [0.2, 0.25) is 0 Å². The molecule has 104 valence electrons. The molecular weight excluding hydrogens is 284 g/mol. The molecule has 2 rings (SSSR count).